The number of aliphatic hydroxyl groups excluding tert-OH is 1. The van der Waals surface area contributed by atoms with Crippen molar-refractivity contribution < 1.29 is 27.2 Å². The number of aliphatic hydroxyl groups is 1. The van der Waals surface area contributed by atoms with Gasteiger partial charge in [0.1, 0.15) is 13.2 Å². The van der Waals surface area contributed by atoms with Gasteiger partial charge in [-0.3, -0.25) is 15.0 Å². The Kier molecular flexibility index (Phi) is 5.28. The van der Waals surface area contributed by atoms with E-state index in [9.17, 15) is 10.1 Å². The maximum absolute atomic E-state index is 10.7. The van der Waals surface area contributed by atoms with Gasteiger partial charge in [-0.1, -0.05) is 6.92 Å². The molecule has 0 radical (unpaired) electrons. The Balaban J connectivity index is 0.00000169. The molecule has 1 N–H and O–H groups in total. The van der Waals surface area contributed by atoms with E-state index in [0.717, 1.165) is 0 Å². The number of rotatable bonds is 3. The molecule has 14 heavy (non-hydrogen) atoms. The Morgan fingerprint density at radius 1 is 1.71 bits per heavy atom. The zero-order chi connectivity index (χ0) is 9.90. The molecule has 0 aromatic rings. The molecule has 1 fully saturated rings. The second-order valence-corrected chi connectivity index (χ2v) is 3.26. The quantitative estimate of drug-likeness (QED) is 0.395. The highest BCUT2D eigenvalue weighted by molar-refractivity contribution is 4.84. The molecule has 1 aliphatic rings. The predicted molar refractivity (Wildman–Crippen MR) is 44.9 cm³/mol. The number of ether oxygens (including phenoxy) is 1. The highest BCUT2D eigenvalue weighted by atomic mass is 35.5. The molecule has 0 saturated carbocycles. The fourth-order valence-electron chi connectivity index (χ4n) is 1.34. The van der Waals surface area contributed by atoms with Crippen LogP contribution in [0.1, 0.15) is 6.92 Å². The average Bonchev–Trinajstić information content (AvgIpc) is 2.17. The summed E-state index contributed by atoms with van der Waals surface area (Å²) >= 11 is 0. The normalized spacial score (nSPS) is 28.1. The van der Waals surface area contributed by atoms with Crippen LogP contribution in [0.4, 0.5) is 0 Å². The SMILES string of the molecule is CCN1COCC(CO)([N+](=O)[O-])C1.[Cl-]. The standard InChI is InChI=1S/C7H14N2O4.ClH/c1-2-8-3-7(4-10,9(11)12)5-13-6-8;/h10H,2-6H2,1H3;1H/p-1. The zero-order valence-electron chi connectivity index (χ0n) is 7.98. The van der Waals surface area contributed by atoms with Crippen LogP contribution >= 0.6 is 0 Å². The number of nitrogens with zero attached hydrogens (tertiary/aromatic N) is 2. The van der Waals surface area contributed by atoms with E-state index in [1.54, 1.807) is 4.90 Å². The van der Waals surface area contributed by atoms with Crippen molar-refractivity contribution >= 4 is 0 Å². The molecular weight excluding hydrogens is 212 g/mol. The molecule has 0 aromatic heterocycles. The third kappa shape index (κ3) is 2.54. The van der Waals surface area contributed by atoms with E-state index in [2.05, 4.69) is 0 Å². The average molecular weight is 226 g/mol. The molecule has 0 bridgehead atoms. The molecule has 84 valence electrons. The van der Waals surface area contributed by atoms with Crippen molar-refractivity contribution in [3.8, 4) is 0 Å². The molecule has 0 amide bonds. The van der Waals surface area contributed by atoms with Crippen LogP contribution in [0.2, 0.25) is 0 Å². The second kappa shape index (κ2) is 5.45. The van der Waals surface area contributed by atoms with Crippen LogP contribution in [-0.2, 0) is 4.74 Å². The van der Waals surface area contributed by atoms with E-state index in [1.807, 2.05) is 6.92 Å². The van der Waals surface area contributed by atoms with Gasteiger partial charge in [0, 0.05) is 4.92 Å². The first kappa shape index (κ1) is 13.6. The molecule has 1 rings (SSSR count). The highest BCUT2D eigenvalue weighted by Crippen LogP contribution is 2.17. The lowest BCUT2D eigenvalue weighted by atomic mass is 10.0. The van der Waals surface area contributed by atoms with Crippen molar-refractivity contribution in [3.63, 3.8) is 0 Å². The Bertz CT molecular complexity index is 204. The predicted octanol–water partition coefficient (Wildman–Crippen LogP) is -3.69. The fraction of sp³-hybridized carbons (Fsp3) is 1.00. The van der Waals surface area contributed by atoms with Crippen molar-refractivity contribution in [1.82, 2.24) is 4.90 Å². The van der Waals surface area contributed by atoms with Gasteiger partial charge in [0.2, 0.25) is 0 Å². The third-order valence-corrected chi connectivity index (χ3v) is 2.29. The molecule has 6 nitrogen and oxygen atoms in total. The van der Waals surface area contributed by atoms with E-state index in [1.165, 1.54) is 0 Å². The number of hydrogen-bond donors (Lipinski definition) is 1. The molecule has 0 aliphatic carbocycles. The van der Waals surface area contributed by atoms with Gasteiger partial charge < -0.3 is 22.3 Å². The molecule has 1 atom stereocenters. The van der Waals surface area contributed by atoms with Gasteiger partial charge in [0.05, 0.1) is 13.3 Å². The lowest BCUT2D eigenvalue weighted by Gasteiger charge is -2.34. The van der Waals surface area contributed by atoms with E-state index >= 15 is 0 Å². The van der Waals surface area contributed by atoms with Crippen LogP contribution in [0.3, 0.4) is 0 Å². The topological polar surface area (TPSA) is 75.8 Å². The van der Waals surface area contributed by atoms with Crippen LogP contribution in [0.15, 0.2) is 0 Å². The van der Waals surface area contributed by atoms with Crippen LogP contribution in [-0.4, -0.2) is 53.5 Å². The highest BCUT2D eigenvalue weighted by Gasteiger charge is 2.46. The summed E-state index contributed by atoms with van der Waals surface area (Å²) < 4.78 is 5.07. The van der Waals surface area contributed by atoms with Gasteiger partial charge in [-0.25, -0.2) is 0 Å². The summed E-state index contributed by atoms with van der Waals surface area (Å²) in [5.74, 6) is 0. The lowest BCUT2D eigenvalue weighted by Crippen LogP contribution is -3.00. The molecule has 0 spiro atoms. The van der Waals surface area contributed by atoms with Crippen LogP contribution in [0.5, 0.6) is 0 Å². The minimum Gasteiger partial charge on any atom is -1.00 e. The summed E-state index contributed by atoms with van der Waals surface area (Å²) in [5, 5.41) is 19.7. The smallest absolute Gasteiger partial charge is 0.280 e. The summed E-state index contributed by atoms with van der Waals surface area (Å²) in [5.41, 5.74) is -1.33. The van der Waals surface area contributed by atoms with Gasteiger partial charge in [-0.15, -0.1) is 0 Å². The minimum absolute atomic E-state index is 0. The van der Waals surface area contributed by atoms with Crippen LogP contribution in [0, 0.1) is 10.1 Å². The summed E-state index contributed by atoms with van der Waals surface area (Å²) in [6, 6.07) is 0. The molecule has 1 aliphatic heterocycles. The fourth-order valence-corrected chi connectivity index (χ4v) is 1.34. The van der Waals surface area contributed by atoms with Crippen molar-refractivity contribution in [2.75, 3.05) is 33.0 Å². The minimum atomic E-state index is -1.33. The Morgan fingerprint density at radius 2 is 2.36 bits per heavy atom. The first-order valence-electron chi connectivity index (χ1n) is 4.20. The number of halogens is 1. The first-order chi connectivity index (χ1) is 6.14. The van der Waals surface area contributed by atoms with Gasteiger partial charge in [-0.05, 0) is 6.54 Å². The summed E-state index contributed by atoms with van der Waals surface area (Å²) in [7, 11) is 0. The second-order valence-electron chi connectivity index (χ2n) is 3.26. The Labute approximate surface area is 88.4 Å². The lowest BCUT2D eigenvalue weighted by molar-refractivity contribution is -0.584. The summed E-state index contributed by atoms with van der Waals surface area (Å²) in [6.07, 6.45) is 0. The Morgan fingerprint density at radius 3 is 2.79 bits per heavy atom. The Hall–Kier alpha value is -0.430. The maximum Gasteiger partial charge on any atom is 0.280 e. The van der Waals surface area contributed by atoms with E-state index in [0.29, 0.717) is 13.3 Å². The molecule has 1 unspecified atom stereocenters. The number of nitro groups is 1. The molecular formula is C7H14ClN2O4-. The first-order valence-corrected chi connectivity index (χ1v) is 4.20. The van der Waals surface area contributed by atoms with Gasteiger partial charge in [-0.2, -0.15) is 0 Å². The van der Waals surface area contributed by atoms with Crippen LogP contribution in [0.25, 0.3) is 0 Å². The van der Waals surface area contributed by atoms with E-state index < -0.39 is 17.1 Å². The third-order valence-electron chi connectivity index (χ3n) is 2.29. The van der Waals surface area contributed by atoms with Crippen molar-refractivity contribution in [3.05, 3.63) is 10.1 Å². The summed E-state index contributed by atoms with van der Waals surface area (Å²) in [6.45, 7) is 2.77. The number of likely N-dealkylation sites (N-methyl/N-ethyl adjacent to an activating group) is 1. The van der Waals surface area contributed by atoms with Crippen molar-refractivity contribution in [1.29, 1.82) is 0 Å². The van der Waals surface area contributed by atoms with Crippen molar-refractivity contribution in [2.45, 2.75) is 12.5 Å². The van der Waals surface area contributed by atoms with Gasteiger partial charge >= 0.3 is 0 Å². The van der Waals surface area contributed by atoms with Crippen LogP contribution < -0.4 is 12.4 Å². The molecule has 1 saturated heterocycles. The summed E-state index contributed by atoms with van der Waals surface area (Å²) in [4.78, 5) is 12.1. The largest absolute Gasteiger partial charge is 1.00 e. The van der Waals surface area contributed by atoms with Gasteiger partial charge in [0.25, 0.3) is 5.54 Å². The molecule has 1 heterocycles. The number of hydrogen-bond acceptors (Lipinski definition) is 5. The maximum atomic E-state index is 10.7. The molecule has 7 heteroatoms. The molecule has 0 aromatic carbocycles. The van der Waals surface area contributed by atoms with Crippen molar-refractivity contribution in [2.24, 2.45) is 0 Å². The van der Waals surface area contributed by atoms with E-state index in [4.69, 9.17) is 9.84 Å². The zero-order valence-corrected chi connectivity index (χ0v) is 8.74. The van der Waals surface area contributed by atoms with E-state index in [-0.39, 0.29) is 25.6 Å². The van der Waals surface area contributed by atoms with Gasteiger partial charge in [0.15, 0.2) is 0 Å². The monoisotopic (exact) mass is 225 g/mol.